The van der Waals surface area contributed by atoms with E-state index >= 15 is 0 Å². The summed E-state index contributed by atoms with van der Waals surface area (Å²) < 4.78 is 1.73. The first-order valence-electron chi connectivity index (χ1n) is 7.71. The number of rotatable bonds is 3. The SMILES string of the molecule is Cc1c(C2CC2)nc2ccc(-c3cnn(C)c3)cc2c1C(=O)O. The van der Waals surface area contributed by atoms with Crippen molar-refractivity contribution in [2.75, 3.05) is 0 Å². The van der Waals surface area contributed by atoms with Gasteiger partial charge in [0.2, 0.25) is 0 Å². The quantitative estimate of drug-likeness (QED) is 0.804. The molecule has 1 aliphatic rings. The van der Waals surface area contributed by atoms with Crippen molar-refractivity contribution in [2.45, 2.75) is 25.7 Å². The van der Waals surface area contributed by atoms with E-state index < -0.39 is 5.97 Å². The monoisotopic (exact) mass is 307 g/mol. The number of fused-ring (bicyclic) bond motifs is 1. The van der Waals surface area contributed by atoms with Gasteiger partial charge in [-0.2, -0.15) is 5.10 Å². The molecule has 1 saturated carbocycles. The van der Waals surface area contributed by atoms with Crippen LogP contribution in [0, 0.1) is 6.92 Å². The zero-order valence-electron chi connectivity index (χ0n) is 13.1. The molecule has 1 aromatic carbocycles. The Morgan fingerprint density at radius 1 is 1.30 bits per heavy atom. The number of nitrogens with zero attached hydrogens (tertiary/aromatic N) is 3. The van der Waals surface area contributed by atoms with Gasteiger partial charge in [0.1, 0.15) is 0 Å². The molecule has 2 aromatic heterocycles. The van der Waals surface area contributed by atoms with Gasteiger partial charge in [0.15, 0.2) is 0 Å². The van der Waals surface area contributed by atoms with Gasteiger partial charge in [0.25, 0.3) is 0 Å². The van der Waals surface area contributed by atoms with Crippen LogP contribution in [0.15, 0.2) is 30.6 Å². The molecule has 1 aliphatic carbocycles. The third-order valence-corrected chi connectivity index (χ3v) is 4.48. The lowest BCUT2D eigenvalue weighted by Gasteiger charge is -2.12. The molecule has 0 amide bonds. The molecular formula is C18H17N3O2. The lowest BCUT2D eigenvalue weighted by atomic mass is 9.97. The number of benzene rings is 1. The minimum atomic E-state index is -0.889. The molecule has 0 unspecified atom stereocenters. The molecule has 1 N–H and O–H groups in total. The number of carboxylic acid groups (broad SMARTS) is 1. The van der Waals surface area contributed by atoms with Crippen molar-refractivity contribution < 1.29 is 9.90 Å². The lowest BCUT2D eigenvalue weighted by Crippen LogP contribution is -2.06. The highest BCUT2D eigenvalue weighted by Crippen LogP contribution is 2.42. The Balaban J connectivity index is 1.98. The molecule has 3 aromatic rings. The van der Waals surface area contributed by atoms with Crippen LogP contribution in [0.3, 0.4) is 0 Å². The van der Waals surface area contributed by atoms with Crippen molar-refractivity contribution in [3.63, 3.8) is 0 Å². The van der Waals surface area contributed by atoms with E-state index in [9.17, 15) is 9.90 Å². The van der Waals surface area contributed by atoms with E-state index in [0.717, 1.165) is 40.7 Å². The van der Waals surface area contributed by atoms with Crippen molar-refractivity contribution in [3.05, 3.63) is 47.4 Å². The number of hydrogen-bond donors (Lipinski definition) is 1. The molecular weight excluding hydrogens is 290 g/mol. The van der Waals surface area contributed by atoms with Crippen molar-refractivity contribution in [1.29, 1.82) is 0 Å². The van der Waals surface area contributed by atoms with Gasteiger partial charge in [-0.05, 0) is 43.0 Å². The molecule has 116 valence electrons. The zero-order chi connectivity index (χ0) is 16.1. The summed E-state index contributed by atoms with van der Waals surface area (Å²) in [7, 11) is 1.86. The minimum Gasteiger partial charge on any atom is -0.478 e. The molecule has 5 heteroatoms. The van der Waals surface area contributed by atoms with Crippen molar-refractivity contribution in [1.82, 2.24) is 14.8 Å². The normalized spacial score (nSPS) is 14.3. The van der Waals surface area contributed by atoms with Crippen LogP contribution in [0.5, 0.6) is 0 Å². The number of carboxylic acids is 1. The fourth-order valence-corrected chi connectivity index (χ4v) is 3.16. The van der Waals surface area contributed by atoms with E-state index in [1.807, 2.05) is 38.4 Å². The second-order valence-corrected chi connectivity index (χ2v) is 6.21. The average Bonchev–Trinajstić information content (AvgIpc) is 3.26. The fraction of sp³-hybridized carbons (Fsp3) is 0.278. The Morgan fingerprint density at radius 3 is 2.70 bits per heavy atom. The average molecular weight is 307 g/mol. The predicted octanol–water partition coefficient (Wildman–Crippen LogP) is 3.52. The van der Waals surface area contributed by atoms with E-state index in [2.05, 4.69) is 5.10 Å². The molecule has 0 saturated heterocycles. The van der Waals surface area contributed by atoms with Crippen LogP contribution in [0.2, 0.25) is 0 Å². The van der Waals surface area contributed by atoms with Crippen LogP contribution in [-0.4, -0.2) is 25.8 Å². The molecule has 0 spiro atoms. The molecule has 4 rings (SSSR count). The van der Waals surface area contributed by atoms with Gasteiger partial charge < -0.3 is 5.11 Å². The van der Waals surface area contributed by atoms with Gasteiger partial charge in [-0.3, -0.25) is 9.67 Å². The van der Waals surface area contributed by atoms with Crippen LogP contribution < -0.4 is 0 Å². The van der Waals surface area contributed by atoms with Crippen LogP contribution in [-0.2, 0) is 7.05 Å². The fourth-order valence-electron chi connectivity index (χ4n) is 3.16. The summed E-state index contributed by atoms with van der Waals surface area (Å²) in [4.78, 5) is 16.6. The zero-order valence-corrected chi connectivity index (χ0v) is 13.1. The van der Waals surface area contributed by atoms with Crippen molar-refractivity contribution in [3.8, 4) is 11.1 Å². The maximum Gasteiger partial charge on any atom is 0.336 e. The maximum atomic E-state index is 11.8. The number of aromatic carboxylic acids is 1. The van der Waals surface area contributed by atoms with Gasteiger partial charge in [-0.25, -0.2) is 4.79 Å². The van der Waals surface area contributed by atoms with Crippen LogP contribution in [0.25, 0.3) is 22.0 Å². The van der Waals surface area contributed by atoms with Gasteiger partial charge in [-0.1, -0.05) is 6.07 Å². The summed E-state index contributed by atoms with van der Waals surface area (Å²) >= 11 is 0. The standard InChI is InChI=1S/C18H17N3O2/c1-10-16(18(22)23)14-7-12(13-8-19-21(2)9-13)5-6-15(14)20-17(10)11-3-4-11/h5-9,11H,3-4H2,1-2H3,(H,22,23). The topological polar surface area (TPSA) is 68.0 Å². The minimum absolute atomic E-state index is 0.377. The summed E-state index contributed by atoms with van der Waals surface area (Å²) in [6.45, 7) is 1.88. The Hall–Kier alpha value is -2.69. The Kier molecular flexibility index (Phi) is 2.98. The highest BCUT2D eigenvalue weighted by molar-refractivity contribution is 6.05. The van der Waals surface area contributed by atoms with Gasteiger partial charge in [0.05, 0.1) is 17.3 Å². The van der Waals surface area contributed by atoms with Crippen LogP contribution in [0.1, 0.15) is 40.4 Å². The molecule has 0 radical (unpaired) electrons. The third kappa shape index (κ3) is 2.29. The Bertz CT molecular complexity index is 939. The molecule has 0 atom stereocenters. The molecule has 23 heavy (non-hydrogen) atoms. The second-order valence-electron chi connectivity index (χ2n) is 6.21. The van der Waals surface area contributed by atoms with Crippen LogP contribution >= 0.6 is 0 Å². The summed E-state index contributed by atoms with van der Waals surface area (Å²) in [6, 6.07) is 5.80. The number of pyridine rings is 1. The predicted molar refractivity (Wildman–Crippen MR) is 87.6 cm³/mol. The Labute approximate surface area is 133 Å². The molecule has 5 nitrogen and oxygen atoms in total. The first-order chi connectivity index (χ1) is 11.0. The van der Waals surface area contributed by atoms with Gasteiger partial charge >= 0.3 is 5.97 Å². The summed E-state index contributed by atoms with van der Waals surface area (Å²) in [6.07, 6.45) is 5.90. The number of carbonyl (C=O) groups is 1. The van der Waals surface area contributed by atoms with Crippen molar-refractivity contribution >= 4 is 16.9 Å². The first kappa shape index (κ1) is 13.9. The van der Waals surface area contributed by atoms with Crippen LogP contribution in [0.4, 0.5) is 0 Å². The summed E-state index contributed by atoms with van der Waals surface area (Å²) in [5.74, 6) is -0.462. The highest BCUT2D eigenvalue weighted by atomic mass is 16.4. The third-order valence-electron chi connectivity index (χ3n) is 4.48. The lowest BCUT2D eigenvalue weighted by molar-refractivity contribution is 0.0698. The number of hydrogen-bond acceptors (Lipinski definition) is 3. The van der Waals surface area contributed by atoms with Gasteiger partial charge in [-0.15, -0.1) is 0 Å². The summed E-state index contributed by atoms with van der Waals surface area (Å²) in [5, 5.41) is 14.6. The van der Waals surface area contributed by atoms with E-state index in [-0.39, 0.29) is 0 Å². The maximum absolute atomic E-state index is 11.8. The van der Waals surface area contributed by atoms with E-state index in [0.29, 0.717) is 16.9 Å². The summed E-state index contributed by atoms with van der Waals surface area (Å²) in [5.41, 5.74) is 4.80. The van der Waals surface area contributed by atoms with E-state index in [4.69, 9.17) is 4.98 Å². The van der Waals surface area contributed by atoms with E-state index in [1.54, 1.807) is 10.9 Å². The number of aryl methyl sites for hydroxylation is 1. The Morgan fingerprint density at radius 2 is 2.09 bits per heavy atom. The highest BCUT2D eigenvalue weighted by Gasteiger charge is 2.29. The van der Waals surface area contributed by atoms with Gasteiger partial charge in [0, 0.05) is 35.8 Å². The molecule has 1 fully saturated rings. The largest absolute Gasteiger partial charge is 0.478 e. The molecule has 0 aliphatic heterocycles. The van der Waals surface area contributed by atoms with E-state index in [1.165, 1.54) is 0 Å². The number of aromatic nitrogens is 3. The molecule has 2 heterocycles. The van der Waals surface area contributed by atoms with Crippen molar-refractivity contribution in [2.24, 2.45) is 7.05 Å². The second kappa shape index (κ2) is 4.91. The first-order valence-corrected chi connectivity index (χ1v) is 7.71. The molecule has 0 bridgehead atoms. The smallest absolute Gasteiger partial charge is 0.336 e.